The van der Waals surface area contributed by atoms with Crippen molar-refractivity contribution in [2.75, 3.05) is 11.9 Å². The number of rotatable bonds is 6. The maximum absolute atomic E-state index is 12.0. The van der Waals surface area contributed by atoms with Gasteiger partial charge in [0.15, 0.2) is 0 Å². The zero-order valence-electron chi connectivity index (χ0n) is 14.9. The van der Waals surface area contributed by atoms with Crippen molar-refractivity contribution >= 4 is 29.1 Å². The standard InChI is InChI=1S/C20H23ClN2O3/c1-14-8-9-16(12-17(14)21)23-19(25)18(24)22-13-20(2,26)11-10-15-6-4-3-5-7-15/h3-9,12,26H,10-11,13H2,1-2H3,(H,22,24)(H,23,25)/t20-/m0/s1. The van der Waals surface area contributed by atoms with E-state index in [0.717, 1.165) is 11.1 Å². The Morgan fingerprint density at radius 1 is 1.12 bits per heavy atom. The second-order valence-corrected chi connectivity index (χ2v) is 6.99. The molecule has 0 spiro atoms. The SMILES string of the molecule is Cc1ccc(NC(=O)C(=O)NC[C@@](C)(O)CCc2ccccc2)cc1Cl. The van der Waals surface area contributed by atoms with Gasteiger partial charge in [0.1, 0.15) is 0 Å². The van der Waals surface area contributed by atoms with Crippen molar-refractivity contribution in [3.63, 3.8) is 0 Å². The first-order valence-corrected chi connectivity index (χ1v) is 8.76. The molecular formula is C20H23ClN2O3. The van der Waals surface area contributed by atoms with Crippen LogP contribution in [0.2, 0.25) is 5.02 Å². The van der Waals surface area contributed by atoms with E-state index in [2.05, 4.69) is 10.6 Å². The number of hydrogen-bond acceptors (Lipinski definition) is 3. The van der Waals surface area contributed by atoms with E-state index in [-0.39, 0.29) is 6.54 Å². The minimum Gasteiger partial charge on any atom is -0.388 e. The van der Waals surface area contributed by atoms with Crippen molar-refractivity contribution in [3.8, 4) is 0 Å². The predicted molar refractivity (Wildman–Crippen MR) is 103 cm³/mol. The summed E-state index contributed by atoms with van der Waals surface area (Å²) in [5, 5.41) is 15.9. The fraction of sp³-hybridized carbons (Fsp3) is 0.300. The molecule has 0 aliphatic rings. The molecule has 6 heteroatoms. The zero-order valence-corrected chi connectivity index (χ0v) is 15.6. The van der Waals surface area contributed by atoms with Crippen molar-refractivity contribution < 1.29 is 14.7 Å². The topological polar surface area (TPSA) is 78.4 Å². The number of halogens is 1. The molecule has 0 bridgehead atoms. The van der Waals surface area contributed by atoms with Crippen LogP contribution in [0.1, 0.15) is 24.5 Å². The lowest BCUT2D eigenvalue weighted by atomic mass is 9.97. The third-order valence-corrected chi connectivity index (χ3v) is 4.47. The summed E-state index contributed by atoms with van der Waals surface area (Å²) in [6, 6.07) is 14.8. The minimum absolute atomic E-state index is 0.0132. The highest BCUT2D eigenvalue weighted by Gasteiger charge is 2.23. The Morgan fingerprint density at radius 2 is 1.81 bits per heavy atom. The molecule has 0 radical (unpaired) electrons. The average molecular weight is 375 g/mol. The molecule has 5 nitrogen and oxygen atoms in total. The van der Waals surface area contributed by atoms with Crippen LogP contribution in [0.3, 0.4) is 0 Å². The van der Waals surface area contributed by atoms with Crippen LogP contribution < -0.4 is 10.6 Å². The first-order valence-electron chi connectivity index (χ1n) is 8.38. The molecule has 138 valence electrons. The summed E-state index contributed by atoms with van der Waals surface area (Å²) < 4.78 is 0. The van der Waals surface area contributed by atoms with E-state index in [1.807, 2.05) is 37.3 Å². The molecule has 2 rings (SSSR count). The Bertz CT molecular complexity index is 776. The van der Waals surface area contributed by atoms with Gasteiger partial charge in [0.05, 0.1) is 5.60 Å². The van der Waals surface area contributed by atoms with Crippen molar-refractivity contribution in [1.82, 2.24) is 5.32 Å². The Labute approximate surface area is 158 Å². The van der Waals surface area contributed by atoms with Crippen LogP contribution in [0.5, 0.6) is 0 Å². The third-order valence-electron chi connectivity index (χ3n) is 4.06. The number of amides is 2. The molecule has 2 aromatic rings. The van der Waals surface area contributed by atoms with E-state index in [4.69, 9.17) is 11.6 Å². The molecule has 0 heterocycles. The van der Waals surface area contributed by atoms with Crippen LogP contribution in [0.15, 0.2) is 48.5 Å². The van der Waals surface area contributed by atoms with Crippen LogP contribution in [-0.4, -0.2) is 29.1 Å². The highest BCUT2D eigenvalue weighted by Crippen LogP contribution is 2.20. The second kappa shape index (κ2) is 8.83. The highest BCUT2D eigenvalue weighted by molar-refractivity contribution is 6.39. The molecule has 2 aromatic carbocycles. The van der Waals surface area contributed by atoms with Gasteiger partial charge < -0.3 is 15.7 Å². The maximum Gasteiger partial charge on any atom is 0.313 e. The fourth-order valence-electron chi connectivity index (χ4n) is 2.36. The van der Waals surface area contributed by atoms with Gasteiger partial charge >= 0.3 is 11.8 Å². The summed E-state index contributed by atoms with van der Waals surface area (Å²) in [5.74, 6) is -1.61. The Kier molecular flexibility index (Phi) is 6.77. The Morgan fingerprint density at radius 3 is 2.46 bits per heavy atom. The van der Waals surface area contributed by atoms with E-state index in [1.165, 1.54) is 0 Å². The number of aryl methyl sites for hydroxylation is 2. The molecule has 0 saturated heterocycles. The van der Waals surface area contributed by atoms with Crippen LogP contribution in [-0.2, 0) is 16.0 Å². The van der Waals surface area contributed by atoms with Crippen molar-refractivity contribution in [2.24, 2.45) is 0 Å². The van der Waals surface area contributed by atoms with Gasteiger partial charge in [0.25, 0.3) is 0 Å². The van der Waals surface area contributed by atoms with Crippen LogP contribution >= 0.6 is 11.6 Å². The number of carbonyl (C=O) groups excluding carboxylic acids is 2. The van der Waals surface area contributed by atoms with Gasteiger partial charge in [-0.1, -0.05) is 48.0 Å². The molecule has 3 N–H and O–H groups in total. The number of hydrogen-bond donors (Lipinski definition) is 3. The normalized spacial score (nSPS) is 12.9. The van der Waals surface area contributed by atoms with Crippen LogP contribution in [0.4, 0.5) is 5.69 Å². The lowest BCUT2D eigenvalue weighted by Gasteiger charge is -2.23. The van der Waals surface area contributed by atoms with Crippen LogP contribution in [0.25, 0.3) is 0 Å². The van der Waals surface area contributed by atoms with Gasteiger partial charge in [-0.15, -0.1) is 0 Å². The molecule has 0 saturated carbocycles. The number of nitrogens with one attached hydrogen (secondary N) is 2. The summed E-state index contributed by atoms with van der Waals surface area (Å²) >= 11 is 6.00. The Hall–Kier alpha value is -2.37. The molecule has 0 unspecified atom stereocenters. The minimum atomic E-state index is -1.11. The van der Waals surface area contributed by atoms with E-state index < -0.39 is 17.4 Å². The third kappa shape index (κ3) is 6.17. The van der Waals surface area contributed by atoms with Crippen molar-refractivity contribution in [3.05, 3.63) is 64.7 Å². The molecule has 0 aromatic heterocycles. The van der Waals surface area contributed by atoms with Gasteiger partial charge in [0, 0.05) is 17.3 Å². The zero-order chi connectivity index (χ0) is 19.2. The number of carbonyl (C=O) groups is 2. The number of aliphatic hydroxyl groups is 1. The monoisotopic (exact) mass is 374 g/mol. The van der Waals surface area contributed by atoms with E-state index in [1.54, 1.807) is 25.1 Å². The smallest absolute Gasteiger partial charge is 0.313 e. The van der Waals surface area contributed by atoms with Gasteiger partial charge in [-0.3, -0.25) is 9.59 Å². The fourth-order valence-corrected chi connectivity index (χ4v) is 2.54. The van der Waals surface area contributed by atoms with Crippen molar-refractivity contribution in [2.45, 2.75) is 32.3 Å². The second-order valence-electron chi connectivity index (χ2n) is 6.58. The average Bonchev–Trinajstić information content (AvgIpc) is 2.62. The predicted octanol–water partition coefficient (Wildman–Crippen LogP) is 3.09. The summed E-state index contributed by atoms with van der Waals surface area (Å²) in [6.45, 7) is 3.47. The lowest BCUT2D eigenvalue weighted by Crippen LogP contribution is -2.44. The number of anilines is 1. The summed E-state index contributed by atoms with van der Waals surface area (Å²) in [6.07, 6.45) is 1.14. The summed E-state index contributed by atoms with van der Waals surface area (Å²) in [5.41, 5.74) is 1.31. The Balaban J connectivity index is 1.82. The molecule has 0 aliphatic heterocycles. The van der Waals surface area contributed by atoms with E-state index >= 15 is 0 Å². The molecule has 26 heavy (non-hydrogen) atoms. The lowest BCUT2D eigenvalue weighted by molar-refractivity contribution is -0.136. The molecule has 2 amide bonds. The first-order chi connectivity index (χ1) is 12.3. The summed E-state index contributed by atoms with van der Waals surface area (Å²) in [4.78, 5) is 23.9. The first kappa shape index (κ1) is 19.9. The van der Waals surface area contributed by atoms with Gasteiger partial charge in [-0.05, 0) is 49.9 Å². The van der Waals surface area contributed by atoms with Gasteiger partial charge in [-0.2, -0.15) is 0 Å². The maximum atomic E-state index is 12.0. The van der Waals surface area contributed by atoms with Gasteiger partial charge in [0.2, 0.25) is 0 Å². The number of benzene rings is 2. The quantitative estimate of drug-likeness (QED) is 0.680. The largest absolute Gasteiger partial charge is 0.388 e. The molecular weight excluding hydrogens is 352 g/mol. The highest BCUT2D eigenvalue weighted by atomic mass is 35.5. The van der Waals surface area contributed by atoms with Crippen molar-refractivity contribution in [1.29, 1.82) is 0 Å². The van der Waals surface area contributed by atoms with E-state index in [0.29, 0.717) is 23.6 Å². The van der Waals surface area contributed by atoms with Crippen LogP contribution in [0, 0.1) is 6.92 Å². The molecule has 1 atom stereocenters. The molecule has 0 fully saturated rings. The molecule has 0 aliphatic carbocycles. The van der Waals surface area contributed by atoms with Gasteiger partial charge in [-0.25, -0.2) is 0 Å². The summed E-state index contributed by atoms with van der Waals surface area (Å²) in [7, 11) is 0. The van der Waals surface area contributed by atoms with E-state index in [9.17, 15) is 14.7 Å².